The van der Waals surface area contributed by atoms with Crippen LogP contribution in [-0.4, -0.2) is 0 Å². The molecule has 1 heteroatoms. The van der Waals surface area contributed by atoms with Crippen LogP contribution >= 0.6 is 0 Å². The maximum Gasteiger partial charge on any atom is 0.0332 e. The molecule has 0 aromatic heterocycles. The van der Waals surface area contributed by atoms with Crippen LogP contribution in [0.1, 0.15) is 48.8 Å². The molecule has 1 aromatic rings. The highest BCUT2D eigenvalue weighted by molar-refractivity contribution is 5.39. The van der Waals surface area contributed by atoms with Crippen LogP contribution in [0.5, 0.6) is 0 Å². The minimum atomic E-state index is 0.316. The van der Waals surface area contributed by atoms with Crippen LogP contribution in [0.3, 0.4) is 0 Å². The first-order valence-corrected chi connectivity index (χ1v) is 5.72. The first kappa shape index (κ1) is 8.49. The second-order valence-corrected chi connectivity index (χ2v) is 4.71. The Kier molecular flexibility index (Phi) is 1.88. The van der Waals surface area contributed by atoms with Gasteiger partial charge in [0.25, 0.3) is 0 Å². The number of benzene rings is 1. The molecule has 74 valence electrons. The van der Waals surface area contributed by atoms with Crippen molar-refractivity contribution in [1.82, 2.24) is 0 Å². The molecule has 3 rings (SSSR count). The third-order valence-corrected chi connectivity index (χ3v) is 4.04. The second kappa shape index (κ2) is 3.09. The molecule has 14 heavy (non-hydrogen) atoms. The van der Waals surface area contributed by atoms with Crippen LogP contribution in [0.25, 0.3) is 0 Å². The predicted molar refractivity (Wildman–Crippen MR) is 58.1 cm³/mol. The van der Waals surface area contributed by atoms with Gasteiger partial charge in [-0.2, -0.15) is 0 Å². The van der Waals surface area contributed by atoms with Crippen LogP contribution in [0.2, 0.25) is 0 Å². The smallest absolute Gasteiger partial charge is 0.0332 e. The fourth-order valence-electron chi connectivity index (χ4n) is 3.36. The number of nitrogens with two attached hydrogens (primary N) is 1. The molecule has 2 N–H and O–H groups in total. The molecule has 1 saturated carbocycles. The topological polar surface area (TPSA) is 26.0 Å². The largest absolute Gasteiger partial charge is 0.324 e. The van der Waals surface area contributed by atoms with Gasteiger partial charge in [-0.05, 0) is 35.8 Å². The highest BCUT2D eigenvalue weighted by Crippen LogP contribution is 2.50. The molecule has 1 aromatic carbocycles. The van der Waals surface area contributed by atoms with Gasteiger partial charge in [0.05, 0.1) is 0 Å². The van der Waals surface area contributed by atoms with Gasteiger partial charge in [-0.3, -0.25) is 0 Å². The van der Waals surface area contributed by atoms with Gasteiger partial charge in [-0.1, -0.05) is 37.1 Å². The zero-order valence-electron chi connectivity index (χ0n) is 8.45. The van der Waals surface area contributed by atoms with Crippen molar-refractivity contribution in [1.29, 1.82) is 0 Å². The van der Waals surface area contributed by atoms with Crippen LogP contribution in [0.15, 0.2) is 24.3 Å². The van der Waals surface area contributed by atoms with E-state index < -0.39 is 0 Å². The fourth-order valence-corrected chi connectivity index (χ4v) is 3.36. The quantitative estimate of drug-likeness (QED) is 0.664. The van der Waals surface area contributed by atoms with Gasteiger partial charge in [-0.25, -0.2) is 0 Å². The summed E-state index contributed by atoms with van der Waals surface area (Å²) in [6.07, 6.45) is 5.46. The van der Waals surface area contributed by atoms with Crippen molar-refractivity contribution in [3.05, 3.63) is 35.4 Å². The van der Waals surface area contributed by atoms with E-state index in [1.165, 1.54) is 31.2 Å². The SMILES string of the molecule is NC1c2ccccc2C2CCCCC12. The maximum absolute atomic E-state index is 6.30. The Morgan fingerprint density at radius 2 is 1.71 bits per heavy atom. The molecule has 0 amide bonds. The third-order valence-electron chi connectivity index (χ3n) is 4.04. The molecule has 2 aliphatic carbocycles. The molecule has 1 nitrogen and oxygen atoms in total. The summed E-state index contributed by atoms with van der Waals surface area (Å²) < 4.78 is 0. The normalized spacial score (nSPS) is 35.1. The van der Waals surface area contributed by atoms with Gasteiger partial charge < -0.3 is 5.73 Å². The average molecular weight is 187 g/mol. The van der Waals surface area contributed by atoms with E-state index >= 15 is 0 Å². The Morgan fingerprint density at radius 3 is 2.57 bits per heavy atom. The van der Waals surface area contributed by atoms with E-state index in [1.54, 1.807) is 5.56 Å². The lowest BCUT2D eigenvalue weighted by molar-refractivity contribution is 0.293. The van der Waals surface area contributed by atoms with Gasteiger partial charge in [0, 0.05) is 6.04 Å². The van der Waals surface area contributed by atoms with E-state index in [2.05, 4.69) is 24.3 Å². The van der Waals surface area contributed by atoms with Gasteiger partial charge in [0.2, 0.25) is 0 Å². The van der Waals surface area contributed by atoms with Gasteiger partial charge in [0.1, 0.15) is 0 Å². The molecule has 0 spiro atoms. The summed E-state index contributed by atoms with van der Waals surface area (Å²) in [7, 11) is 0. The number of rotatable bonds is 0. The molecule has 0 radical (unpaired) electrons. The van der Waals surface area contributed by atoms with Crippen molar-refractivity contribution in [2.75, 3.05) is 0 Å². The monoisotopic (exact) mass is 187 g/mol. The molecule has 2 aliphatic rings. The van der Waals surface area contributed by atoms with Gasteiger partial charge in [0.15, 0.2) is 0 Å². The lowest BCUT2D eigenvalue weighted by Gasteiger charge is -2.27. The summed E-state index contributed by atoms with van der Waals surface area (Å²) in [5, 5.41) is 0. The van der Waals surface area contributed by atoms with Crippen LogP contribution in [0.4, 0.5) is 0 Å². The highest BCUT2D eigenvalue weighted by Gasteiger charge is 2.39. The maximum atomic E-state index is 6.30. The standard InChI is InChI=1S/C13H17N/c14-13-11-7-3-1-5-9(11)10-6-2-4-8-12(10)13/h1,3,5,7,10,12-13H,2,4,6,8,14H2. The molecule has 0 saturated heterocycles. The average Bonchev–Trinajstić information content (AvgIpc) is 2.55. The minimum absolute atomic E-state index is 0.316. The molecule has 0 aliphatic heterocycles. The van der Waals surface area contributed by atoms with Crippen molar-refractivity contribution < 1.29 is 0 Å². The number of hydrogen-bond donors (Lipinski definition) is 1. The van der Waals surface area contributed by atoms with Crippen molar-refractivity contribution in [2.24, 2.45) is 11.7 Å². The van der Waals surface area contributed by atoms with Crippen molar-refractivity contribution in [3.63, 3.8) is 0 Å². The molecular formula is C13H17N. The Labute approximate surface area is 85.3 Å². The summed E-state index contributed by atoms with van der Waals surface area (Å²) in [5.74, 6) is 1.51. The second-order valence-electron chi connectivity index (χ2n) is 4.71. The number of hydrogen-bond acceptors (Lipinski definition) is 1. The Morgan fingerprint density at radius 1 is 1.00 bits per heavy atom. The summed E-state index contributed by atoms with van der Waals surface area (Å²) in [6, 6.07) is 9.10. The molecule has 3 atom stereocenters. The lowest BCUT2D eigenvalue weighted by Crippen LogP contribution is -2.21. The zero-order valence-corrected chi connectivity index (χ0v) is 8.45. The van der Waals surface area contributed by atoms with E-state index in [0.717, 1.165) is 11.8 Å². The lowest BCUT2D eigenvalue weighted by atomic mass is 9.78. The Balaban J connectivity index is 2.06. The minimum Gasteiger partial charge on any atom is -0.324 e. The van der Waals surface area contributed by atoms with Crippen molar-refractivity contribution >= 4 is 0 Å². The zero-order chi connectivity index (χ0) is 9.54. The highest BCUT2D eigenvalue weighted by atomic mass is 14.7. The molecule has 1 fully saturated rings. The Hall–Kier alpha value is -0.820. The van der Waals surface area contributed by atoms with E-state index in [1.807, 2.05) is 0 Å². The van der Waals surface area contributed by atoms with E-state index in [9.17, 15) is 0 Å². The summed E-state index contributed by atoms with van der Waals surface area (Å²) in [6.45, 7) is 0. The molecule has 0 bridgehead atoms. The van der Waals surface area contributed by atoms with Crippen LogP contribution in [-0.2, 0) is 0 Å². The summed E-state index contributed by atoms with van der Waals surface area (Å²) in [5.41, 5.74) is 9.27. The van der Waals surface area contributed by atoms with Crippen molar-refractivity contribution in [2.45, 2.75) is 37.6 Å². The van der Waals surface area contributed by atoms with Gasteiger partial charge in [-0.15, -0.1) is 0 Å². The fraction of sp³-hybridized carbons (Fsp3) is 0.538. The molecule has 0 heterocycles. The van der Waals surface area contributed by atoms with Crippen LogP contribution < -0.4 is 5.73 Å². The third kappa shape index (κ3) is 1.05. The summed E-state index contributed by atoms with van der Waals surface area (Å²) >= 11 is 0. The Bertz CT molecular complexity index is 345. The first-order valence-electron chi connectivity index (χ1n) is 5.72. The van der Waals surface area contributed by atoms with Gasteiger partial charge >= 0.3 is 0 Å². The van der Waals surface area contributed by atoms with E-state index in [-0.39, 0.29) is 0 Å². The van der Waals surface area contributed by atoms with E-state index in [4.69, 9.17) is 5.73 Å². The van der Waals surface area contributed by atoms with Crippen LogP contribution in [0, 0.1) is 5.92 Å². The summed E-state index contributed by atoms with van der Waals surface area (Å²) in [4.78, 5) is 0. The molecule has 3 unspecified atom stereocenters. The van der Waals surface area contributed by atoms with E-state index in [0.29, 0.717) is 6.04 Å². The molecular weight excluding hydrogens is 170 g/mol. The van der Waals surface area contributed by atoms with Crippen molar-refractivity contribution in [3.8, 4) is 0 Å². The number of fused-ring (bicyclic) bond motifs is 3. The first-order chi connectivity index (χ1) is 6.88. The predicted octanol–water partition coefficient (Wildman–Crippen LogP) is 2.97.